The van der Waals surface area contributed by atoms with Gasteiger partial charge in [0.2, 0.25) is 0 Å². The predicted octanol–water partition coefficient (Wildman–Crippen LogP) is 9.57. The van der Waals surface area contributed by atoms with Crippen molar-refractivity contribution in [1.82, 2.24) is 0 Å². The first-order valence-electron chi connectivity index (χ1n) is 15.0. The fourth-order valence-electron chi connectivity index (χ4n) is 4.52. The quantitative estimate of drug-likeness (QED) is 0.221. The minimum atomic E-state index is -3.26. The van der Waals surface area contributed by atoms with E-state index in [1.807, 2.05) is 24.3 Å². The van der Waals surface area contributed by atoms with E-state index in [1.54, 1.807) is 24.3 Å². The Morgan fingerprint density at radius 2 is 1.15 bits per heavy atom. The van der Waals surface area contributed by atoms with Crippen molar-refractivity contribution >= 4 is 38.1 Å². The van der Waals surface area contributed by atoms with Crippen molar-refractivity contribution in [2.24, 2.45) is 11.8 Å². The number of halogens is 1. The molecule has 0 fully saturated rings. The highest BCUT2D eigenvalue weighted by Crippen LogP contribution is 2.51. The van der Waals surface area contributed by atoms with Crippen LogP contribution in [0.3, 0.4) is 0 Å². The fraction of sp³-hybridized carbons (Fsp3) is 0.636. The van der Waals surface area contributed by atoms with E-state index in [2.05, 4.69) is 81.6 Å². The standard InChI is InChI=1S/C17H19ClO3S.C16H38OSi2/c18-16-7-9-17(10-8-16)22(20,21)13-1-2-14-3-5-15(6-4-14)11-12-19;1-13(2)15(5,6)18(9,10)17-19(11,12)16(7,8)14(3)4/h3-10,19H,1-2,11-13H2;13-14H,1-12H3. The minimum Gasteiger partial charge on any atom is -0.455 e. The van der Waals surface area contributed by atoms with Crippen molar-refractivity contribution in [3.63, 3.8) is 0 Å². The molecule has 2 aromatic rings. The number of rotatable bonds is 13. The number of hydrogen-bond donors (Lipinski definition) is 1. The van der Waals surface area contributed by atoms with Gasteiger partial charge in [0.1, 0.15) is 0 Å². The average Bonchev–Trinajstić information content (AvgIpc) is 2.85. The largest absolute Gasteiger partial charge is 0.455 e. The first kappa shape index (κ1) is 38.1. The number of sulfone groups is 1. The summed E-state index contributed by atoms with van der Waals surface area (Å²) in [6.07, 6.45) is 1.93. The molecular formula is C33H57ClO4SSi2. The Balaban J connectivity index is 0.000000416. The van der Waals surface area contributed by atoms with Gasteiger partial charge >= 0.3 is 0 Å². The summed E-state index contributed by atoms with van der Waals surface area (Å²) in [5, 5.41) is 10.0. The molecule has 0 heterocycles. The van der Waals surface area contributed by atoms with Crippen LogP contribution in [-0.4, -0.2) is 42.5 Å². The lowest BCUT2D eigenvalue weighted by Crippen LogP contribution is -2.57. The van der Waals surface area contributed by atoms with E-state index in [1.165, 1.54) is 0 Å². The van der Waals surface area contributed by atoms with Crippen LogP contribution in [0.4, 0.5) is 0 Å². The molecular weight excluding hydrogens is 584 g/mol. The monoisotopic (exact) mass is 640 g/mol. The molecule has 8 heteroatoms. The average molecular weight is 642 g/mol. The lowest BCUT2D eigenvalue weighted by atomic mass is 9.99. The van der Waals surface area contributed by atoms with E-state index in [-0.39, 0.29) is 12.4 Å². The molecule has 0 saturated carbocycles. The van der Waals surface area contributed by atoms with Crippen LogP contribution in [0.2, 0.25) is 41.3 Å². The summed E-state index contributed by atoms with van der Waals surface area (Å²) in [4.78, 5) is 0.315. The van der Waals surface area contributed by atoms with Crippen LogP contribution in [0.1, 0.15) is 72.9 Å². The highest BCUT2D eigenvalue weighted by Gasteiger charge is 2.51. The van der Waals surface area contributed by atoms with Gasteiger partial charge in [0.25, 0.3) is 0 Å². The maximum absolute atomic E-state index is 12.2. The van der Waals surface area contributed by atoms with E-state index in [0.29, 0.717) is 51.1 Å². The van der Waals surface area contributed by atoms with E-state index < -0.39 is 26.5 Å². The van der Waals surface area contributed by atoms with E-state index in [9.17, 15) is 8.42 Å². The molecule has 0 unspecified atom stereocenters. The first-order valence-corrected chi connectivity index (χ1v) is 22.8. The zero-order valence-corrected chi connectivity index (χ0v) is 31.3. The van der Waals surface area contributed by atoms with Crippen LogP contribution in [0.5, 0.6) is 0 Å². The molecule has 0 saturated heterocycles. The molecule has 0 aliphatic carbocycles. The summed E-state index contributed by atoms with van der Waals surface area (Å²) >= 11 is 5.77. The smallest absolute Gasteiger partial charge is 0.179 e. The van der Waals surface area contributed by atoms with Crippen molar-refractivity contribution in [2.75, 3.05) is 12.4 Å². The molecule has 234 valence electrons. The highest BCUT2D eigenvalue weighted by atomic mass is 35.5. The predicted molar refractivity (Wildman–Crippen MR) is 183 cm³/mol. The Hall–Kier alpha value is -0.966. The molecule has 0 spiro atoms. The Kier molecular flexibility index (Phi) is 14.1. The van der Waals surface area contributed by atoms with Gasteiger partial charge in [0.05, 0.1) is 10.6 Å². The van der Waals surface area contributed by atoms with Crippen molar-refractivity contribution in [1.29, 1.82) is 0 Å². The van der Waals surface area contributed by atoms with Gasteiger partial charge < -0.3 is 9.22 Å². The molecule has 1 N–H and O–H groups in total. The second-order valence-electron chi connectivity index (χ2n) is 14.0. The van der Waals surface area contributed by atoms with Gasteiger partial charge in [-0.05, 0) is 103 Å². The van der Waals surface area contributed by atoms with E-state index >= 15 is 0 Å². The van der Waals surface area contributed by atoms with Crippen LogP contribution in [0.25, 0.3) is 0 Å². The van der Waals surface area contributed by atoms with Crippen molar-refractivity contribution in [2.45, 2.75) is 116 Å². The number of aryl methyl sites for hydroxylation is 1. The van der Waals surface area contributed by atoms with Gasteiger partial charge in [-0.15, -0.1) is 0 Å². The summed E-state index contributed by atoms with van der Waals surface area (Å²) < 4.78 is 31.4. The Labute approximate surface area is 259 Å². The zero-order chi connectivity index (χ0) is 31.9. The van der Waals surface area contributed by atoms with Gasteiger partial charge in [-0.25, -0.2) is 8.42 Å². The summed E-state index contributed by atoms with van der Waals surface area (Å²) in [5.41, 5.74) is 2.19. The number of benzene rings is 2. The van der Waals surface area contributed by atoms with Crippen LogP contribution < -0.4 is 0 Å². The SMILES string of the molecule is CC(C)C(C)(C)[Si](C)(C)O[Si](C)(C)C(C)(C)C(C)C.O=S(=O)(CCCc1ccc(CCO)cc1)c1ccc(Cl)cc1. The highest BCUT2D eigenvalue weighted by molar-refractivity contribution is 7.91. The minimum absolute atomic E-state index is 0.118. The van der Waals surface area contributed by atoms with Crippen LogP contribution in [0.15, 0.2) is 53.4 Å². The summed E-state index contributed by atoms with van der Waals surface area (Å²) in [6.45, 7) is 28.7. The molecule has 0 atom stereocenters. The van der Waals surface area contributed by atoms with Crippen LogP contribution >= 0.6 is 11.6 Å². The van der Waals surface area contributed by atoms with Gasteiger partial charge in [0.15, 0.2) is 26.5 Å². The van der Waals surface area contributed by atoms with Crippen LogP contribution in [-0.2, 0) is 26.8 Å². The molecule has 0 aliphatic rings. The zero-order valence-electron chi connectivity index (χ0n) is 27.8. The third kappa shape index (κ3) is 10.6. The lowest BCUT2D eigenvalue weighted by molar-refractivity contribution is 0.299. The maximum Gasteiger partial charge on any atom is 0.179 e. The molecule has 0 aliphatic heterocycles. The molecule has 4 nitrogen and oxygen atoms in total. The summed E-state index contributed by atoms with van der Waals surface area (Å²) in [6, 6.07) is 14.2. The summed E-state index contributed by atoms with van der Waals surface area (Å²) in [7, 11) is -6.70. The normalized spacial score (nSPS) is 13.4. The fourth-order valence-corrected chi connectivity index (χ4v) is 15.9. The molecule has 0 bridgehead atoms. The van der Waals surface area contributed by atoms with E-state index in [4.69, 9.17) is 20.8 Å². The van der Waals surface area contributed by atoms with Crippen molar-refractivity contribution in [3.8, 4) is 0 Å². The van der Waals surface area contributed by atoms with Gasteiger partial charge in [-0.3, -0.25) is 0 Å². The van der Waals surface area contributed by atoms with Gasteiger partial charge in [-0.2, -0.15) is 0 Å². The Bertz CT molecular complexity index is 1140. The summed E-state index contributed by atoms with van der Waals surface area (Å²) in [5.74, 6) is 1.45. The number of aliphatic hydroxyl groups is 1. The molecule has 2 rings (SSSR count). The third-order valence-corrected chi connectivity index (χ3v) is 23.5. The molecule has 0 aromatic heterocycles. The van der Waals surface area contributed by atoms with Gasteiger partial charge in [0, 0.05) is 11.6 Å². The maximum atomic E-state index is 12.2. The number of hydrogen-bond acceptors (Lipinski definition) is 4. The molecule has 0 amide bonds. The van der Waals surface area contributed by atoms with Crippen molar-refractivity contribution < 1.29 is 17.6 Å². The van der Waals surface area contributed by atoms with Crippen molar-refractivity contribution in [3.05, 3.63) is 64.7 Å². The van der Waals surface area contributed by atoms with E-state index in [0.717, 1.165) is 11.1 Å². The Morgan fingerprint density at radius 3 is 1.51 bits per heavy atom. The Morgan fingerprint density at radius 1 is 0.756 bits per heavy atom. The van der Waals surface area contributed by atoms with Gasteiger partial charge in [-0.1, -0.05) is 91.3 Å². The van der Waals surface area contributed by atoms with Crippen LogP contribution in [0, 0.1) is 11.8 Å². The first-order chi connectivity index (χ1) is 18.6. The topological polar surface area (TPSA) is 63.6 Å². The molecule has 41 heavy (non-hydrogen) atoms. The second kappa shape index (κ2) is 15.2. The second-order valence-corrected chi connectivity index (χ2v) is 26.0. The molecule has 2 aromatic carbocycles. The molecule has 0 radical (unpaired) electrons. The third-order valence-electron chi connectivity index (χ3n) is 9.98. The lowest BCUT2D eigenvalue weighted by Gasteiger charge is -2.52. The number of aliphatic hydroxyl groups excluding tert-OH is 1.